The van der Waals surface area contributed by atoms with Gasteiger partial charge in [0.05, 0.1) is 6.61 Å². The molecule has 0 heterocycles. The zero-order chi connectivity index (χ0) is 29.7. The number of nitrogens with one attached hydrogen (secondary N) is 1. The van der Waals surface area contributed by atoms with Gasteiger partial charge in [0.25, 0.3) is 0 Å². The Balaban J connectivity index is 3.54. The molecule has 0 saturated heterocycles. The first-order valence-corrected chi connectivity index (χ1v) is 19.0. The van der Waals surface area contributed by atoms with Crippen molar-refractivity contribution in [3.8, 4) is 0 Å². The molecule has 0 aromatic carbocycles. The van der Waals surface area contributed by atoms with Gasteiger partial charge in [0.2, 0.25) is 0 Å². The Kier molecular flexibility index (Phi) is 36.9. The van der Waals surface area contributed by atoms with Gasteiger partial charge in [-0.1, -0.05) is 167 Å². The van der Waals surface area contributed by atoms with Crippen molar-refractivity contribution in [2.75, 3.05) is 13.2 Å². The van der Waals surface area contributed by atoms with E-state index in [0.717, 1.165) is 6.54 Å². The van der Waals surface area contributed by atoms with Crippen LogP contribution in [0.4, 0.5) is 0 Å². The Morgan fingerprint density at radius 3 is 1.02 bits per heavy atom. The number of aliphatic hydroxyl groups is 1. The number of aliphatic hydroxyl groups excluding tert-OH is 1. The molecule has 0 aliphatic carbocycles. The monoisotopic (exact) mass is 576 g/mol. The van der Waals surface area contributed by atoms with Gasteiger partial charge in [-0.2, -0.15) is 0 Å². The zero-order valence-electron chi connectivity index (χ0n) is 28.5. The summed E-state index contributed by atoms with van der Waals surface area (Å²) < 4.78 is 0. The third-order valence-corrected chi connectivity index (χ3v) is 8.67. The van der Waals surface area contributed by atoms with Crippen LogP contribution >= 0.6 is 0 Å². The zero-order valence-corrected chi connectivity index (χ0v) is 28.5. The molecule has 0 atom stereocenters. The number of allylic oxidation sites excluding steroid dienone is 4. The molecule has 244 valence electrons. The lowest BCUT2D eigenvalue weighted by atomic mass is 9.99. The smallest absolute Gasteiger partial charge is 0.0556 e. The van der Waals surface area contributed by atoms with Crippen LogP contribution in [-0.4, -0.2) is 24.3 Å². The van der Waals surface area contributed by atoms with Crippen LogP contribution in [-0.2, 0) is 0 Å². The van der Waals surface area contributed by atoms with Gasteiger partial charge in [-0.15, -0.1) is 0 Å². The van der Waals surface area contributed by atoms with E-state index in [-0.39, 0.29) is 6.61 Å². The molecule has 0 unspecified atom stereocenters. The average molecular weight is 576 g/mol. The molecule has 0 aliphatic heterocycles. The average Bonchev–Trinajstić information content (AvgIpc) is 2.98. The summed E-state index contributed by atoms with van der Waals surface area (Å²) in [6.07, 6.45) is 50.8. The van der Waals surface area contributed by atoms with Crippen LogP contribution in [0.1, 0.15) is 206 Å². The fraction of sp³-hybridized carbons (Fsp3) is 0.897. The van der Waals surface area contributed by atoms with E-state index in [1.807, 2.05) is 0 Å². The second-order valence-electron chi connectivity index (χ2n) is 12.8. The second kappa shape index (κ2) is 37.4. The molecule has 2 N–H and O–H groups in total. The van der Waals surface area contributed by atoms with Gasteiger partial charge in [0.15, 0.2) is 0 Å². The summed E-state index contributed by atoms with van der Waals surface area (Å²) in [7, 11) is 0. The summed E-state index contributed by atoms with van der Waals surface area (Å²) in [5.74, 6) is 0. The Labute approximate surface area is 260 Å². The van der Waals surface area contributed by atoms with Crippen LogP contribution < -0.4 is 5.32 Å². The van der Waals surface area contributed by atoms with E-state index in [2.05, 4.69) is 43.5 Å². The van der Waals surface area contributed by atoms with Gasteiger partial charge in [-0.25, -0.2) is 0 Å². The highest BCUT2D eigenvalue weighted by Crippen LogP contribution is 2.16. The molecule has 0 rings (SSSR count). The van der Waals surface area contributed by atoms with Crippen molar-refractivity contribution in [1.82, 2.24) is 5.32 Å². The quantitative estimate of drug-likeness (QED) is 0.0582. The largest absolute Gasteiger partial charge is 0.395 e. The summed E-state index contributed by atoms with van der Waals surface area (Å²) in [6.45, 7) is 5.59. The Hall–Kier alpha value is -0.600. The Bertz CT molecular complexity index is 472. The normalized spacial score (nSPS) is 12.1. The van der Waals surface area contributed by atoms with Crippen molar-refractivity contribution >= 4 is 0 Å². The summed E-state index contributed by atoms with van der Waals surface area (Å²) >= 11 is 0. The van der Waals surface area contributed by atoms with Gasteiger partial charge in [0.1, 0.15) is 0 Å². The predicted molar refractivity (Wildman–Crippen MR) is 187 cm³/mol. The fourth-order valence-corrected chi connectivity index (χ4v) is 5.89. The van der Waals surface area contributed by atoms with Crippen molar-refractivity contribution in [2.24, 2.45) is 0 Å². The van der Waals surface area contributed by atoms with E-state index >= 15 is 0 Å². The summed E-state index contributed by atoms with van der Waals surface area (Å²) in [6, 6.07) is 0.607. The minimum absolute atomic E-state index is 0.261. The van der Waals surface area contributed by atoms with E-state index in [4.69, 9.17) is 0 Å². The van der Waals surface area contributed by atoms with Gasteiger partial charge >= 0.3 is 0 Å². The number of hydrogen-bond donors (Lipinski definition) is 2. The second-order valence-corrected chi connectivity index (χ2v) is 12.8. The van der Waals surface area contributed by atoms with Crippen LogP contribution in [0.5, 0.6) is 0 Å². The van der Waals surface area contributed by atoms with Gasteiger partial charge < -0.3 is 10.4 Å². The van der Waals surface area contributed by atoms with Crippen LogP contribution in [0.15, 0.2) is 24.3 Å². The molecule has 41 heavy (non-hydrogen) atoms. The molecule has 0 fully saturated rings. The Morgan fingerprint density at radius 1 is 0.415 bits per heavy atom. The lowest BCUT2D eigenvalue weighted by Crippen LogP contribution is -2.31. The molecule has 2 heteroatoms. The third kappa shape index (κ3) is 35.5. The van der Waals surface area contributed by atoms with Crippen molar-refractivity contribution in [1.29, 1.82) is 0 Å². The molecule has 0 aromatic rings. The van der Waals surface area contributed by atoms with Crippen molar-refractivity contribution in [3.05, 3.63) is 24.3 Å². The predicted octanol–water partition coefficient (Wildman–Crippen LogP) is 12.8. The first kappa shape index (κ1) is 40.4. The molecule has 0 saturated carbocycles. The molecular weight excluding hydrogens is 498 g/mol. The van der Waals surface area contributed by atoms with E-state index in [9.17, 15) is 5.11 Å². The lowest BCUT2D eigenvalue weighted by molar-refractivity contribution is 0.277. The lowest BCUT2D eigenvalue weighted by Gasteiger charge is -2.18. The molecule has 0 amide bonds. The van der Waals surface area contributed by atoms with Crippen LogP contribution in [0, 0.1) is 0 Å². The first-order chi connectivity index (χ1) is 20.3. The van der Waals surface area contributed by atoms with Gasteiger partial charge in [-0.05, 0) is 64.2 Å². The van der Waals surface area contributed by atoms with Crippen LogP contribution in [0.25, 0.3) is 0 Å². The highest BCUT2D eigenvalue weighted by atomic mass is 16.3. The Morgan fingerprint density at radius 2 is 0.707 bits per heavy atom. The van der Waals surface area contributed by atoms with Gasteiger partial charge in [0, 0.05) is 12.6 Å². The first-order valence-electron chi connectivity index (χ1n) is 19.0. The number of hydrogen-bond acceptors (Lipinski definition) is 2. The third-order valence-electron chi connectivity index (χ3n) is 8.67. The summed E-state index contributed by atoms with van der Waals surface area (Å²) in [5.41, 5.74) is 0. The molecular formula is C39H77NO. The summed E-state index contributed by atoms with van der Waals surface area (Å²) in [4.78, 5) is 0. The SMILES string of the molecule is CCCCCCCC/C=C\CCCCCCCCC(CCCCCCCC/C=C\CCCCCCCC)NCCO. The molecule has 0 aromatic heterocycles. The van der Waals surface area contributed by atoms with E-state index in [1.54, 1.807) is 0 Å². The van der Waals surface area contributed by atoms with E-state index < -0.39 is 0 Å². The topological polar surface area (TPSA) is 32.3 Å². The molecule has 0 bridgehead atoms. The van der Waals surface area contributed by atoms with Crippen molar-refractivity contribution in [2.45, 2.75) is 213 Å². The fourth-order valence-electron chi connectivity index (χ4n) is 5.89. The van der Waals surface area contributed by atoms with Gasteiger partial charge in [-0.3, -0.25) is 0 Å². The highest BCUT2D eigenvalue weighted by molar-refractivity contribution is 4.82. The molecule has 0 radical (unpaired) electrons. The number of rotatable bonds is 35. The van der Waals surface area contributed by atoms with E-state index in [1.165, 1.54) is 193 Å². The van der Waals surface area contributed by atoms with Crippen LogP contribution in [0.2, 0.25) is 0 Å². The standard InChI is InChI=1S/C39H77NO/c1-3-5-7-9-11-13-15-17-19-21-23-25-27-29-31-33-35-39(40-37-38-41)36-34-32-30-28-26-24-22-20-18-16-14-12-10-8-6-4-2/h17-20,39-41H,3-16,21-38H2,1-2H3/b19-17-,20-18-. The molecule has 0 spiro atoms. The van der Waals surface area contributed by atoms with Crippen molar-refractivity contribution < 1.29 is 5.11 Å². The summed E-state index contributed by atoms with van der Waals surface area (Å²) in [5, 5.41) is 12.9. The maximum Gasteiger partial charge on any atom is 0.0556 e. The maximum atomic E-state index is 9.27. The number of unbranched alkanes of at least 4 members (excludes halogenated alkanes) is 24. The molecule has 0 aliphatic rings. The minimum atomic E-state index is 0.261. The van der Waals surface area contributed by atoms with E-state index in [0.29, 0.717) is 6.04 Å². The minimum Gasteiger partial charge on any atom is -0.395 e. The van der Waals surface area contributed by atoms with Crippen LogP contribution in [0.3, 0.4) is 0 Å². The van der Waals surface area contributed by atoms with Crippen molar-refractivity contribution in [3.63, 3.8) is 0 Å². The molecule has 2 nitrogen and oxygen atoms in total. The maximum absolute atomic E-state index is 9.27. The highest BCUT2D eigenvalue weighted by Gasteiger charge is 2.07.